The van der Waals surface area contributed by atoms with Gasteiger partial charge in [-0.25, -0.2) is 0 Å². The SMILES string of the molecule is CNCC(Cc1nn2c(c1C1CCCCC1)CCCC2)NC. The molecule has 1 fully saturated rings. The standard InChI is InChI=1S/C18H32N4/c1-19-13-15(20-2)12-16-18(14-8-4-3-5-9-14)17-10-6-7-11-22(17)21-16/h14-15,19-20H,3-13H2,1-2H3. The number of nitrogens with zero attached hydrogens (tertiary/aromatic N) is 2. The highest BCUT2D eigenvalue weighted by molar-refractivity contribution is 5.32. The summed E-state index contributed by atoms with van der Waals surface area (Å²) in [5.41, 5.74) is 4.61. The number of hydrogen-bond donors (Lipinski definition) is 2. The van der Waals surface area contributed by atoms with Gasteiger partial charge >= 0.3 is 0 Å². The molecule has 1 atom stereocenters. The third kappa shape index (κ3) is 3.38. The van der Waals surface area contributed by atoms with Crippen LogP contribution in [0.15, 0.2) is 0 Å². The first-order valence-electron chi connectivity index (χ1n) is 9.23. The van der Waals surface area contributed by atoms with Gasteiger partial charge in [-0.2, -0.15) is 5.10 Å². The van der Waals surface area contributed by atoms with Crippen molar-refractivity contribution in [2.24, 2.45) is 0 Å². The van der Waals surface area contributed by atoms with Crippen molar-refractivity contribution < 1.29 is 0 Å². The molecular weight excluding hydrogens is 272 g/mol. The lowest BCUT2D eigenvalue weighted by molar-refractivity contribution is 0.431. The summed E-state index contributed by atoms with van der Waals surface area (Å²) in [6.07, 6.45) is 11.9. The molecule has 22 heavy (non-hydrogen) atoms. The van der Waals surface area contributed by atoms with Crippen LogP contribution in [0.25, 0.3) is 0 Å². The Morgan fingerprint density at radius 2 is 1.95 bits per heavy atom. The average molecular weight is 304 g/mol. The summed E-state index contributed by atoms with van der Waals surface area (Å²) < 4.78 is 2.34. The molecule has 0 aromatic carbocycles. The van der Waals surface area contributed by atoms with E-state index in [1.165, 1.54) is 57.1 Å². The van der Waals surface area contributed by atoms with Crippen LogP contribution in [0.5, 0.6) is 0 Å². The molecule has 0 spiro atoms. The molecule has 1 unspecified atom stereocenters. The lowest BCUT2D eigenvalue weighted by Gasteiger charge is -2.25. The molecule has 4 heteroatoms. The van der Waals surface area contributed by atoms with Crippen molar-refractivity contribution in [2.75, 3.05) is 20.6 Å². The Labute approximate surface area is 135 Å². The summed E-state index contributed by atoms with van der Waals surface area (Å²) >= 11 is 0. The fraction of sp³-hybridized carbons (Fsp3) is 0.833. The Hall–Kier alpha value is -0.870. The van der Waals surface area contributed by atoms with Crippen LogP contribution in [-0.2, 0) is 19.4 Å². The van der Waals surface area contributed by atoms with Gasteiger partial charge in [-0.1, -0.05) is 19.3 Å². The molecule has 124 valence electrons. The van der Waals surface area contributed by atoms with Gasteiger partial charge in [0.15, 0.2) is 0 Å². The van der Waals surface area contributed by atoms with Crippen LogP contribution in [-0.4, -0.2) is 36.5 Å². The first-order chi connectivity index (χ1) is 10.8. The van der Waals surface area contributed by atoms with Crippen molar-refractivity contribution in [3.05, 3.63) is 17.0 Å². The summed E-state index contributed by atoms with van der Waals surface area (Å²) in [5.74, 6) is 0.776. The van der Waals surface area contributed by atoms with Crippen LogP contribution < -0.4 is 10.6 Å². The molecule has 2 N–H and O–H groups in total. The highest BCUT2D eigenvalue weighted by Gasteiger charge is 2.28. The maximum atomic E-state index is 5.04. The number of aromatic nitrogens is 2. The van der Waals surface area contributed by atoms with E-state index >= 15 is 0 Å². The van der Waals surface area contributed by atoms with Crippen molar-refractivity contribution >= 4 is 0 Å². The second kappa shape index (κ2) is 7.60. The van der Waals surface area contributed by atoms with E-state index in [0.717, 1.165) is 25.4 Å². The number of likely N-dealkylation sites (N-methyl/N-ethyl adjacent to an activating group) is 2. The fourth-order valence-electron chi connectivity index (χ4n) is 4.34. The van der Waals surface area contributed by atoms with Gasteiger partial charge in [0.1, 0.15) is 0 Å². The second-order valence-electron chi connectivity index (χ2n) is 7.07. The van der Waals surface area contributed by atoms with Crippen molar-refractivity contribution in [1.82, 2.24) is 20.4 Å². The zero-order valence-corrected chi connectivity index (χ0v) is 14.3. The molecule has 0 radical (unpaired) electrons. The van der Waals surface area contributed by atoms with Crippen LogP contribution in [0.3, 0.4) is 0 Å². The Balaban J connectivity index is 1.88. The van der Waals surface area contributed by atoms with E-state index in [9.17, 15) is 0 Å². The smallest absolute Gasteiger partial charge is 0.0678 e. The van der Waals surface area contributed by atoms with Crippen LogP contribution in [0, 0.1) is 0 Å². The molecular formula is C18H32N4. The molecule has 0 saturated heterocycles. The van der Waals surface area contributed by atoms with Crippen LogP contribution in [0.4, 0.5) is 0 Å². The zero-order valence-electron chi connectivity index (χ0n) is 14.3. The molecule has 2 aliphatic rings. The van der Waals surface area contributed by atoms with Crippen LogP contribution in [0.2, 0.25) is 0 Å². The monoisotopic (exact) mass is 304 g/mol. The van der Waals surface area contributed by atoms with Gasteiger partial charge in [0.2, 0.25) is 0 Å². The topological polar surface area (TPSA) is 41.9 Å². The molecule has 1 saturated carbocycles. The molecule has 1 aliphatic carbocycles. The number of fused-ring (bicyclic) bond motifs is 1. The molecule has 1 aromatic heterocycles. The van der Waals surface area contributed by atoms with Crippen molar-refractivity contribution in [1.29, 1.82) is 0 Å². The Morgan fingerprint density at radius 3 is 2.68 bits per heavy atom. The second-order valence-corrected chi connectivity index (χ2v) is 7.07. The largest absolute Gasteiger partial charge is 0.318 e. The van der Waals surface area contributed by atoms with E-state index in [1.807, 2.05) is 7.05 Å². The van der Waals surface area contributed by atoms with Gasteiger partial charge in [-0.15, -0.1) is 0 Å². The maximum absolute atomic E-state index is 5.04. The quantitative estimate of drug-likeness (QED) is 0.849. The average Bonchev–Trinajstić information content (AvgIpc) is 2.93. The maximum Gasteiger partial charge on any atom is 0.0678 e. The molecule has 4 nitrogen and oxygen atoms in total. The fourth-order valence-corrected chi connectivity index (χ4v) is 4.34. The normalized spacial score (nSPS) is 20.8. The third-order valence-corrected chi connectivity index (χ3v) is 5.52. The number of rotatable bonds is 6. The first-order valence-corrected chi connectivity index (χ1v) is 9.23. The van der Waals surface area contributed by atoms with E-state index in [4.69, 9.17) is 5.10 Å². The zero-order chi connectivity index (χ0) is 15.4. The number of hydrogen-bond acceptors (Lipinski definition) is 3. The minimum Gasteiger partial charge on any atom is -0.318 e. The van der Waals surface area contributed by atoms with Gasteiger partial charge in [0.05, 0.1) is 5.69 Å². The van der Waals surface area contributed by atoms with E-state index in [0.29, 0.717) is 6.04 Å². The molecule has 0 bridgehead atoms. The van der Waals surface area contributed by atoms with Crippen molar-refractivity contribution in [3.63, 3.8) is 0 Å². The van der Waals surface area contributed by atoms with Gasteiger partial charge in [0, 0.05) is 31.2 Å². The van der Waals surface area contributed by atoms with Gasteiger partial charge in [-0.3, -0.25) is 4.68 Å². The van der Waals surface area contributed by atoms with Crippen LogP contribution in [0.1, 0.15) is 67.8 Å². The van der Waals surface area contributed by atoms with Crippen molar-refractivity contribution in [3.8, 4) is 0 Å². The van der Waals surface area contributed by atoms with Crippen LogP contribution >= 0.6 is 0 Å². The molecule has 1 aliphatic heterocycles. The van der Waals surface area contributed by atoms with E-state index in [2.05, 4.69) is 22.4 Å². The molecule has 0 amide bonds. The predicted molar refractivity (Wildman–Crippen MR) is 91.5 cm³/mol. The minimum atomic E-state index is 0.476. The Kier molecular flexibility index (Phi) is 5.53. The lowest BCUT2D eigenvalue weighted by Crippen LogP contribution is -2.37. The first kappa shape index (κ1) is 16.0. The lowest BCUT2D eigenvalue weighted by atomic mass is 9.81. The highest BCUT2D eigenvalue weighted by Crippen LogP contribution is 2.38. The minimum absolute atomic E-state index is 0.476. The van der Waals surface area contributed by atoms with Gasteiger partial charge in [0.25, 0.3) is 0 Å². The summed E-state index contributed by atoms with van der Waals surface area (Å²) in [6.45, 7) is 2.13. The number of nitrogens with one attached hydrogen (secondary N) is 2. The Morgan fingerprint density at radius 1 is 1.14 bits per heavy atom. The molecule has 3 rings (SSSR count). The number of aryl methyl sites for hydroxylation is 1. The van der Waals surface area contributed by atoms with Crippen molar-refractivity contribution in [2.45, 2.75) is 76.3 Å². The van der Waals surface area contributed by atoms with Gasteiger partial charge < -0.3 is 10.6 Å². The van der Waals surface area contributed by atoms with E-state index in [-0.39, 0.29) is 0 Å². The summed E-state index contributed by atoms with van der Waals surface area (Å²) in [7, 11) is 4.10. The third-order valence-electron chi connectivity index (χ3n) is 5.52. The predicted octanol–water partition coefficient (Wildman–Crippen LogP) is 2.62. The Bertz CT molecular complexity index is 474. The molecule has 1 aromatic rings. The summed E-state index contributed by atoms with van der Waals surface area (Å²) in [4.78, 5) is 0. The van der Waals surface area contributed by atoms with E-state index < -0.39 is 0 Å². The highest BCUT2D eigenvalue weighted by atomic mass is 15.3. The summed E-state index contributed by atoms with van der Waals surface area (Å²) in [5, 5.41) is 11.8. The van der Waals surface area contributed by atoms with E-state index in [1.54, 1.807) is 11.3 Å². The molecule has 2 heterocycles. The summed E-state index contributed by atoms with van der Waals surface area (Å²) in [6, 6.07) is 0.476. The van der Waals surface area contributed by atoms with Gasteiger partial charge in [-0.05, 0) is 57.7 Å².